The molecular weight excluding hydrogens is 316 g/mol. The van der Waals surface area contributed by atoms with E-state index in [0.717, 1.165) is 5.56 Å². The molecule has 118 valence electrons. The Hall–Kier alpha value is -2.99. The zero-order valence-electron chi connectivity index (χ0n) is 12.0. The number of benzene rings is 1. The van der Waals surface area contributed by atoms with Crippen molar-refractivity contribution in [2.75, 3.05) is 0 Å². The molecule has 0 atom stereocenters. The van der Waals surface area contributed by atoms with Gasteiger partial charge in [0.2, 0.25) is 0 Å². The Morgan fingerprint density at radius 1 is 0.696 bits per heavy atom. The highest BCUT2D eigenvalue weighted by atomic mass is 35.5. The molecule has 6 nitrogen and oxygen atoms in total. The maximum absolute atomic E-state index is 7.38. The molecule has 0 saturated carbocycles. The van der Waals surface area contributed by atoms with E-state index >= 15 is 0 Å². The summed E-state index contributed by atoms with van der Waals surface area (Å²) in [5.74, 6) is 1.94. The van der Waals surface area contributed by atoms with Gasteiger partial charge in [-0.2, -0.15) is 0 Å². The van der Waals surface area contributed by atoms with Crippen LogP contribution in [0.1, 0.15) is 11.3 Å². The molecule has 0 spiro atoms. The molecule has 2 aromatic heterocycles. The largest absolute Gasteiger partial charge is 0.453 e. The molecule has 0 unspecified atom stereocenters. The fourth-order valence-electron chi connectivity index (χ4n) is 2.05. The predicted octanol–water partition coefficient (Wildman–Crippen LogP) is 3.20. The molecule has 6 N–H and O–H groups in total. The van der Waals surface area contributed by atoms with Crippen molar-refractivity contribution in [1.82, 2.24) is 0 Å². The maximum Gasteiger partial charge on any atom is 0.170 e. The van der Waals surface area contributed by atoms with E-state index in [2.05, 4.69) is 0 Å². The molecule has 3 rings (SSSR count). The molecule has 0 bridgehead atoms. The topological polar surface area (TPSA) is 126 Å². The van der Waals surface area contributed by atoms with Gasteiger partial charge in [-0.25, -0.2) is 0 Å². The first-order valence-electron chi connectivity index (χ1n) is 6.54. The maximum atomic E-state index is 7.38. The van der Waals surface area contributed by atoms with Crippen molar-refractivity contribution in [3.8, 4) is 22.8 Å². The predicted molar refractivity (Wildman–Crippen MR) is 91.1 cm³/mol. The van der Waals surface area contributed by atoms with Crippen molar-refractivity contribution in [3.63, 3.8) is 0 Å². The van der Waals surface area contributed by atoms with Gasteiger partial charge in [-0.1, -0.05) is 24.3 Å². The van der Waals surface area contributed by atoms with Crippen LogP contribution < -0.4 is 11.5 Å². The summed E-state index contributed by atoms with van der Waals surface area (Å²) < 4.78 is 11.2. The van der Waals surface area contributed by atoms with Crippen LogP contribution in [-0.4, -0.2) is 11.7 Å². The summed E-state index contributed by atoms with van der Waals surface area (Å²) in [6.45, 7) is 0. The van der Waals surface area contributed by atoms with Crippen LogP contribution in [0.2, 0.25) is 0 Å². The molecule has 0 radical (unpaired) electrons. The van der Waals surface area contributed by atoms with Crippen LogP contribution in [0.3, 0.4) is 0 Å². The number of furan rings is 2. The minimum absolute atomic E-state index is 0. The average Bonchev–Trinajstić information content (AvgIpc) is 3.16. The van der Waals surface area contributed by atoms with Crippen molar-refractivity contribution in [1.29, 1.82) is 10.8 Å². The lowest BCUT2D eigenvalue weighted by Gasteiger charge is -2.00. The Kier molecular flexibility index (Phi) is 4.57. The lowest BCUT2D eigenvalue weighted by atomic mass is 10.1. The second kappa shape index (κ2) is 6.41. The number of nitrogen functional groups attached to an aromatic ring is 2. The van der Waals surface area contributed by atoms with Gasteiger partial charge in [0.05, 0.1) is 0 Å². The van der Waals surface area contributed by atoms with E-state index in [1.54, 1.807) is 30.3 Å². The van der Waals surface area contributed by atoms with Gasteiger partial charge in [0.15, 0.2) is 23.1 Å². The minimum Gasteiger partial charge on any atom is -0.453 e. The van der Waals surface area contributed by atoms with Crippen LogP contribution >= 0.6 is 12.4 Å². The molecule has 23 heavy (non-hydrogen) atoms. The van der Waals surface area contributed by atoms with Gasteiger partial charge in [0, 0.05) is 11.1 Å². The third-order valence-electron chi connectivity index (χ3n) is 3.20. The molecule has 0 fully saturated rings. The van der Waals surface area contributed by atoms with Crippen LogP contribution in [0, 0.1) is 10.8 Å². The van der Waals surface area contributed by atoms with Crippen LogP contribution in [0.5, 0.6) is 0 Å². The first-order valence-corrected chi connectivity index (χ1v) is 6.54. The lowest BCUT2D eigenvalue weighted by Crippen LogP contribution is -2.10. The number of hydrogen-bond acceptors (Lipinski definition) is 4. The summed E-state index contributed by atoms with van der Waals surface area (Å²) in [7, 11) is 0. The van der Waals surface area contributed by atoms with E-state index in [0.29, 0.717) is 28.6 Å². The van der Waals surface area contributed by atoms with E-state index in [9.17, 15) is 0 Å². The highest BCUT2D eigenvalue weighted by molar-refractivity contribution is 5.95. The zero-order valence-corrected chi connectivity index (χ0v) is 12.8. The lowest BCUT2D eigenvalue weighted by molar-refractivity contribution is 0.525. The fraction of sp³-hybridized carbons (Fsp3) is 0. The van der Waals surface area contributed by atoms with E-state index in [-0.39, 0.29) is 24.1 Å². The molecule has 0 amide bonds. The summed E-state index contributed by atoms with van der Waals surface area (Å²) in [5, 5.41) is 14.7. The molecular formula is C16H15ClN4O2. The van der Waals surface area contributed by atoms with Crippen molar-refractivity contribution < 1.29 is 8.83 Å². The number of nitrogens with two attached hydrogens (primary N) is 2. The van der Waals surface area contributed by atoms with Crippen molar-refractivity contribution >= 4 is 24.1 Å². The monoisotopic (exact) mass is 330 g/mol. The molecule has 0 aliphatic rings. The van der Waals surface area contributed by atoms with Gasteiger partial charge < -0.3 is 20.3 Å². The fourth-order valence-corrected chi connectivity index (χ4v) is 2.05. The highest BCUT2D eigenvalue weighted by Crippen LogP contribution is 2.29. The molecule has 3 aromatic rings. The molecule has 2 heterocycles. The Balaban J connectivity index is 0.00000192. The second-order valence-corrected chi connectivity index (χ2v) is 4.73. The van der Waals surface area contributed by atoms with Gasteiger partial charge >= 0.3 is 0 Å². The Bertz CT molecular complexity index is 849. The number of rotatable bonds is 4. The van der Waals surface area contributed by atoms with Crippen LogP contribution in [0.4, 0.5) is 0 Å². The molecule has 1 aromatic carbocycles. The first-order chi connectivity index (χ1) is 10.5. The van der Waals surface area contributed by atoms with Gasteiger partial charge in [0.25, 0.3) is 0 Å². The standard InChI is InChI=1S/C16H14N4O2.ClH/c17-15(18)10-3-1-9(2-4-10)11-5-6-12(21-11)13-7-8-14(22-13)16(19)20;/h1-8H,(H3,17,18)(H3,19,20);1H. The van der Waals surface area contributed by atoms with E-state index in [4.69, 9.17) is 31.1 Å². The third-order valence-corrected chi connectivity index (χ3v) is 3.20. The highest BCUT2D eigenvalue weighted by Gasteiger charge is 2.12. The molecule has 0 aliphatic heterocycles. The average molecular weight is 331 g/mol. The summed E-state index contributed by atoms with van der Waals surface area (Å²) in [6.07, 6.45) is 0. The van der Waals surface area contributed by atoms with Crippen LogP contribution in [0.25, 0.3) is 22.8 Å². The van der Waals surface area contributed by atoms with Crippen LogP contribution in [-0.2, 0) is 0 Å². The summed E-state index contributed by atoms with van der Waals surface area (Å²) in [4.78, 5) is 0. The first kappa shape index (κ1) is 16.4. The number of hydrogen-bond donors (Lipinski definition) is 4. The Morgan fingerprint density at radius 3 is 1.83 bits per heavy atom. The molecule has 7 heteroatoms. The van der Waals surface area contributed by atoms with Gasteiger partial charge in [-0.3, -0.25) is 10.8 Å². The van der Waals surface area contributed by atoms with E-state index in [1.165, 1.54) is 0 Å². The van der Waals surface area contributed by atoms with Gasteiger partial charge in [-0.15, -0.1) is 12.4 Å². The smallest absolute Gasteiger partial charge is 0.170 e. The van der Waals surface area contributed by atoms with Gasteiger partial charge in [-0.05, 0) is 24.3 Å². The minimum atomic E-state index is -0.127. The SMILES string of the molecule is Cl.N=C(N)c1ccc(-c2ccc(-c3ccc(C(=N)N)o3)o2)cc1. The Labute approximate surface area is 138 Å². The zero-order chi connectivity index (χ0) is 15.7. The van der Waals surface area contributed by atoms with Gasteiger partial charge in [0.1, 0.15) is 11.6 Å². The molecule has 0 saturated heterocycles. The normalized spacial score (nSPS) is 10.1. The van der Waals surface area contributed by atoms with Crippen LogP contribution in [0.15, 0.2) is 57.4 Å². The summed E-state index contributed by atoms with van der Waals surface area (Å²) >= 11 is 0. The summed E-state index contributed by atoms with van der Waals surface area (Å²) in [6, 6.07) is 14.1. The van der Waals surface area contributed by atoms with Crippen molar-refractivity contribution in [2.45, 2.75) is 0 Å². The Morgan fingerprint density at radius 2 is 1.26 bits per heavy atom. The number of amidine groups is 2. The number of halogens is 1. The third kappa shape index (κ3) is 3.27. The van der Waals surface area contributed by atoms with E-state index < -0.39 is 0 Å². The molecule has 0 aliphatic carbocycles. The van der Waals surface area contributed by atoms with E-state index in [1.807, 2.05) is 18.2 Å². The van der Waals surface area contributed by atoms with Crippen molar-refractivity contribution in [2.24, 2.45) is 11.5 Å². The number of nitrogens with one attached hydrogen (secondary N) is 2. The van der Waals surface area contributed by atoms with Crippen molar-refractivity contribution in [3.05, 3.63) is 59.9 Å². The summed E-state index contributed by atoms with van der Waals surface area (Å²) in [5.41, 5.74) is 12.3. The second-order valence-electron chi connectivity index (χ2n) is 4.73. The quantitative estimate of drug-likeness (QED) is 0.432.